The molecule has 0 heterocycles. The van der Waals surface area contributed by atoms with E-state index in [0.29, 0.717) is 49.5 Å². The second-order valence-corrected chi connectivity index (χ2v) is 6.98. The van der Waals surface area contributed by atoms with Crippen LogP contribution < -0.4 is 25.4 Å². The zero-order chi connectivity index (χ0) is 20.2. The van der Waals surface area contributed by atoms with Gasteiger partial charge in [0.2, 0.25) is 5.91 Å². The van der Waals surface area contributed by atoms with Gasteiger partial charge in [-0.25, -0.2) is 0 Å². The third-order valence-corrected chi connectivity index (χ3v) is 4.89. The maximum Gasteiger partial charge on any atom is 0.220 e. The second-order valence-electron chi connectivity index (χ2n) is 6.98. The summed E-state index contributed by atoms with van der Waals surface area (Å²) in [6.07, 6.45) is 6.87. The first kappa shape index (κ1) is 21.9. The standard InChI is InChI=1S/C21H34N4O3/c1-4-28-18-11-10-17(15-19(18)27-3)25-21(22-2)24-13-12-23-20(26)14-16-8-6-5-7-9-16/h10-11,15-16H,4-9,12-14H2,1-3H3,(H,23,26)(H2,22,24,25). The van der Waals surface area contributed by atoms with Gasteiger partial charge in [0, 0.05) is 38.3 Å². The highest BCUT2D eigenvalue weighted by molar-refractivity contribution is 5.93. The van der Waals surface area contributed by atoms with Gasteiger partial charge in [-0.15, -0.1) is 0 Å². The molecule has 1 aromatic rings. The van der Waals surface area contributed by atoms with Gasteiger partial charge in [0.1, 0.15) is 0 Å². The van der Waals surface area contributed by atoms with E-state index in [1.165, 1.54) is 32.1 Å². The molecular weight excluding hydrogens is 356 g/mol. The first-order chi connectivity index (χ1) is 13.7. The zero-order valence-corrected chi connectivity index (χ0v) is 17.3. The molecule has 156 valence electrons. The van der Waals surface area contributed by atoms with Crippen LogP contribution in [0.2, 0.25) is 0 Å². The van der Waals surface area contributed by atoms with Gasteiger partial charge in [0.15, 0.2) is 17.5 Å². The monoisotopic (exact) mass is 390 g/mol. The van der Waals surface area contributed by atoms with Crippen LogP contribution in [-0.4, -0.2) is 45.7 Å². The Kier molecular flexibility index (Phi) is 9.45. The fourth-order valence-electron chi connectivity index (χ4n) is 3.44. The SMILES string of the molecule is CCOc1ccc(NC(=NC)NCCNC(=O)CC2CCCCC2)cc1OC. The highest BCUT2D eigenvalue weighted by Gasteiger charge is 2.16. The zero-order valence-electron chi connectivity index (χ0n) is 17.3. The summed E-state index contributed by atoms with van der Waals surface area (Å²) < 4.78 is 10.9. The van der Waals surface area contributed by atoms with Crippen molar-refractivity contribution in [3.8, 4) is 11.5 Å². The van der Waals surface area contributed by atoms with Crippen LogP contribution >= 0.6 is 0 Å². The first-order valence-corrected chi connectivity index (χ1v) is 10.2. The van der Waals surface area contributed by atoms with E-state index >= 15 is 0 Å². The van der Waals surface area contributed by atoms with E-state index in [1.54, 1.807) is 14.2 Å². The fourth-order valence-corrected chi connectivity index (χ4v) is 3.44. The third kappa shape index (κ3) is 7.29. The Labute approximate surface area is 168 Å². The van der Waals surface area contributed by atoms with E-state index < -0.39 is 0 Å². The predicted octanol–water partition coefficient (Wildman–Crippen LogP) is 3.17. The quantitative estimate of drug-likeness (QED) is 0.343. The number of benzene rings is 1. The summed E-state index contributed by atoms with van der Waals surface area (Å²) >= 11 is 0. The highest BCUT2D eigenvalue weighted by Crippen LogP contribution is 2.30. The normalized spacial score (nSPS) is 15.0. The Hall–Kier alpha value is -2.44. The van der Waals surface area contributed by atoms with Crippen LogP contribution in [0.5, 0.6) is 11.5 Å². The number of methoxy groups -OCH3 is 1. The Morgan fingerprint density at radius 3 is 2.57 bits per heavy atom. The summed E-state index contributed by atoms with van der Waals surface area (Å²) in [5, 5.41) is 9.42. The Bertz CT molecular complexity index is 643. The minimum absolute atomic E-state index is 0.146. The molecule has 2 rings (SSSR count). The number of guanidine groups is 1. The average molecular weight is 391 g/mol. The molecule has 28 heavy (non-hydrogen) atoms. The lowest BCUT2D eigenvalue weighted by Crippen LogP contribution is -2.38. The molecule has 1 aliphatic rings. The lowest BCUT2D eigenvalue weighted by molar-refractivity contribution is -0.122. The molecule has 1 fully saturated rings. The molecule has 0 aliphatic heterocycles. The minimum Gasteiger partial charge on any atom is -0.493 e. The van der Waals surface area contributed by atoms with Crippen LogP contribution in [0.4, 0.5) is 5.69 Å². The van der Waals surface area contributed by atoms with Crippen LogP contribution in [0.15, 0.2) is 23.2 Å². The fraction of sp³-hybridized carbons (Fsp3) is 0.619. The highest BCUT2D eigenvalue weighted by atomic mass is 16.5. The maximum atomic E-state index is 12.1. The molecule has 0 radical (unpaired) electrons. The number of rotatable bonds is 9. The summed E-state index contributed by atoms with van der Waals surface area (Å²) in [6.45, 7) is 3.69. The van der Waals surface area contributed by atoms with Crippen molar-refractivity contribution in [1.29, 1.82) is 0 Å². The number of nitrogens with zero attached hydrogens (tertiary/aromatic N) is 1. The molecule has 0 aromatic heterocycles. The van der Waals surface area contributed by atoms with Crippen molar-refractivity contribution in [2.45, 2.75) is 45.4 Å². The van der Waals surface area contributed by atoms with Gasteiger partial charge >= 0.3 is 0 Å². The molecule has 7 nitrogen and oxygen atoms in total. The van der Waals surface area contributed by atoms with Gasteiger partial charge in [-0.05, 0) is 37.8 Å². The van der Waals surface area contributed by atoms with Crippen LogP contribution in [-0.2, 0) is 4.79 Å². The van der Waals surface area contributed by atoms with Crippen LogP contribution in [0, 0.1) is 5.92 Å². The van der Waals surface area contributed by atoms with Gasteiger partial charge in [-0.2, -0.15) is 0 Å². The molecule has 3 N–H and O–H groups in total. The van der Waals surface area contributed by atoms with E-state index in [0.717, 1.165) is 5.69 Å². The van der Waals surface area contributed by atoms with Crippen molar-refractivity contribution in [2.24, 2.45) is 10.9 Å². The number of hydrogen-bond acceptors (Lipinski definition) is 4. The molecule has 1 aromatic carbocycles. The molecule has 1 aliphatic carbocycles. The minimum atomic E-state index is 0.146. The topological polar surface area (TPSA) is 84.0 Å². The van der Waals surface area contributed by atoms with Gasteiger partial charge in [0.25, 0.3) is 0 Å². The van der Waals surface area contributed by atoms with E-state index in [4.69, 9.17) is 9.47 Å². The molecule has 0 atom stereocenters. The van der Waals surface area contributed by atoms with Crippen molar-refractivity contribution in [3.05, 3.63) is 18.2 Å². The number of hydrogen-bond donors (Lipinski definition) is 3. The Balaban J connectivity index is 1.73. The molecule has 1 amide bonds. The lowest BCUT2D eigenvalue weighted by Gasteiger charge is -2.21. The smallest absolute Gasteiger partial charge is 0.220 e. The Morgan fingerprint density at radius 2 is 1.89 bits per heavy atom. The number of aliphatic imine (C=N–C) groups is 1. The summed E-state index contributed by atoms with van der Waals surface area (Å²) in [5.41, 5.74) is 0.842. The van der Waals surface area contributed by atoms with Crippen molar-refractivity contribution in [2.75, 3.05) is 39.2 Å². The number of anilines is 1. The maximum absolute atomic E-state index is 12.1. The van der Waals surface area contributed by atoms with Crippen LogP contribution in [0.1, 0.15) is 45.4 Å². The number of ether oxygens (including phenoxy) is 2. The number of nitrogens with one attached hydrogen (secondary N) is 3. The van der Waals surface area contributed by atoms with Gasteiger partial charge in [-0.1, -0.05) is 19.3 Å². The molecule has 0 saturated heterocycles. The summed E-state index contributed by atoms with van der Waals surface area (Å²) in [5.74, 6) is 2.71. The number of carbonyl (C=O) groups is 1. The molecular formula is C21H34N4O3. The van der Waals surface area contributed by atoms with Gasteiger partial charge < -0.3 is 25.4 Å². The molecule has 0 bridgehead atoms. The molecule has 7 heteroatoms. The van der Waals surface area contributed by atoms with Crippen molar-refractivity contribution >= 4 is 17.6 Å². The number of amides is 1. The molecule has 1 saturated carbocycles. The Morgan fingerprint density at radius 1 is 1.14 bits per heavy atom. The second kappa shape index (κ2) is 12.1. The van der Waals surface area contributed by atoms with Crippen molar-refractivity contribution < 1.29 is 14.3 Å². The van der Waals surface area contributed by atoms with Crippen molar-refractivity contribution in [1.82, 2.24) is 10.6 Å². The lowest BCUT2D eigenvalue weighted by atomic mass is 9.87. The molecule has 0 spiro atoms. The van der Waals surface area contributed by atoms with Gasteiger partial charge in [-0.3, -0.25) is 9.79 Å². The first-order valence-electron chi connectivity index (χ1n) is 10.2. The average Bonchev–Trinajstić information content (AvgIpc) is 2.72. The van der Waals surface area contributed by atoms with Crippen molar-refractivity contribution in [3.63, 3.8) is 0 Å². The summed E-state index contributed by atoms with van der Waals surface area (Å²) in [4.78, 5) is 16.3. The van der Waals surface area contributed by atoms with Crippen LogP contribution in [0.3, 0.4) is 0 Å². The third-order valence-electron chi connectivity index (χ3n) is 4.89. The summed E-state index contributed by atoms with van der Waals surface area (Å²) in [6, 6.07) is 5.64. The predicted molar refractivity (Wildman–Crippen MR) is 113 cm³/mol. The largest absolute Gasteiger partial charge is 0.493 e. The summed E-state index contributed by atoms with van der Waals surface area (Å²) in [7, 11) is 3.33. The van der Waals surface area contributed by atoms with Gasteiger partial charge in [0.05, 0.1) is 13.7 Å². The van der Waals surface area contributed by atoms with E-state index in [2.05, 4.69) is 20.9 Å². The number of carbonyl (C=O) groups excluding carboxylic acids is 1. The van der Waals surface area contributed by atoms with Crippen LogP contribution in [0.25, 0.3) is 0 Å². The van der Waals surface area contributed by atoms with E-state index in [-0.39, 0.29) is 5.91 Å². The molecule has 0 unspecified atom stereocenters. The van der Waals surface area contributed by atoms with E-state index in [9.17, 15) is 4.79 Å². The van der Waals surface area contributed by atoms with E-state index in [1.807, 2.05) is 25.1 Å².